The van der Waals surface area contributed by atoms with Crippen LogP contribution in [0.15, 0.2) is 84.1 Å². The summed E-state index contributed by atoms with van der Waals surface area (Å²) in [7, 11) is 1.56. The fourth-order valence-electron chi connectivity index (χ4n) is 3.15. The number of H-pyrrole nitrogens is 1. The Labute approximate surface area is 178 Å². The summed E-state index contributed by atoms with van der Waals surface area (Å²) in [4.78, 5) is 28.4. The van der Waals surface area contributed by atoms with E-state index >= 15 is 0 Å². The van der Waals surface area contributed by atoms with E-state index in [0.29, 0.717) is 22.6 Å². The predicted octanol–water partition coefficient (Wildman–Crippen LogP) is 4.19. The van der Waals surface area contributed by atoms with Gasteiger partial charge in [-0.25, -0.2) is 5.43 Å². The van der Waals surface area contributed by atoms with E-state index in [2.05, 4.69) is 20.8 Å². The number of methoxy groups -OCH3 is 1. The van der Waals surface area contributed by atoms with E-state index in [1.54, 1.807) is 61.9 Å². The molecule has 0 spiro atoms. The smallest absolute Gasteiger partial charge is 0.273 e. The summed E-state index contributed by atoms with van der Waals surface area (Å²) in [6.07, 6.45) is 3.40. The second-order valence-corrected chi connectivity index (χ2v) is 6.72. The van der Waals surface area contributed by atoms with Gasteiger partial charge in [0.25, 0.3) is 11.8 Å². The van der Waals surface area contributed by atoms with Crippen LogP contribution in [0.3, 0.4) is 0 Å². The van der Waals surface area contributed by atoms with Crippen LogP contribution in [0.2, 0.25) is 0 Å². The molecule has 4 rings (SSSR count). The fraction of sp³-hybridized carbons (Fsp3) is 0.0417. The topological polar surface area (TPSA) is 95.6 Å². The summed E-state index contributed by atoms with van der Waals surface area (Å²) >= 11 is 0. The minimum Gasteiger partial charge on any atom is -0.497 e. The zero-order chi connectivity index (χ0) is 21.6. The maximum absolute atomic E-state index is 12.7. The number of ether oxygens (including phenoxy) is 1. The highest BCUT2D eigenvalue weighted by molar-refractivity contribution is 6.09. The minimum absolute atomic E-state index is 0.306. The number of fused-ring (bicyclic) bond motifs is 1. The van der Waals surface area contributed by atoms with Crippen molar-refractivity contribution in [3.63, 3.8) is 0 Å². The van der Waals surface area contributed by atoms with Crippen LogP contribution in [-0.2, 0) is 0 Å². The number of anilines is 1. The van der Waals surface area contributed by atoms with E-state index in [0.717, 1.165) is 16.5 Å². The molecule has 0 saturated carbocycles. The number of hydrogen-bond acceptors (Lipinski definition) is 4. The summed E-state index contributed by atoms with van der Waals surface area (Å²) in [5.41, 5.74) is 5.52. The normalized spacial score (nSPS) is 10.9. The van der Waals surface area contributed by atoms with Crippen molar-refractivity contribution in [1.29, 1.82) is 0 Å². The number of aromatic nitrogens is 1. The molecule has 0 aliphatic carbocycles. The maximum Gasteiger partial charge on any atom is 0.273 e. The molecular weight excluding hydrogens is 392 g/mol. The summed E-state index contributed by atoms with van der Waals surface area (Å²) in [6, 6.07) is 21.3. The number of nitrogens with zero attached hydrogens (tertiary/aromatic N) is 1. The molecule has 3 N–H and O–H groups in total. The van der Waals surface area contributed by atoms with Crippen molar-refractivity contribution in [3.8, 4) is 5.75 Å². The number of benzene rings is 3. The number of carbonyl (C=O) groups is 2. The van der Waals surface area contributed by atoms with Crippen molar-refractivity contribution in [1.82, 2.24) is 10.4 Å². The summed E-state index contributed by atoms with van der Waals surface area (Å²) < 4.78 is 5.11. The molecule has 0 saturated heterocycles. The summed E-state index contributed by atoms with van der Waals surface area (Å²) in [6.45, 7) is 0. The monoisotopic (exact) mass is 412 g/mol. The van der Waals surface area contributed by atoms with Gasteiger partial charge in [0.05, 0.1) is 24.6 Å². The van der Waals surface area contributed by atoms with E-state index in [1.165, 1.54) is 0 Å². The van der Waals surface area contributed by atoms with E-state index in [9.17, 15) is 9.59 Å². The first-order valence-electron chi connectivity index (χ1n) is 9.59. The Morgan fingerprint density at radius 3 is 2.48 bits per heavy atom. The molecule has 7 nitrogen and oxygen atoms in total. The second-order valence-electron chi connectivity index (χ2n) is 6.72. The Hall–Kier alpha value is -4.39. The molecule has 0 fully saturated rings. The van der Waals surface area contributed by atoms with Gasteiger partial charge >= 0.3 is 0 Å². The van der Waals surface area contributed by atoms with Gasteiger partial charge in [-0.2, -0.15) is 5.10 Å². The van der Waals surface area contributed by atoms with E-state index in [-0.39, 0.29) is 5.91 Å². The van der Waals surface area contributed by atoms with Crippen LogP contribution in [0.1, 0.15) is 26.3 Å². The molecule has 1 aromatic heterocycles. The van der Waals surface area contributed by atoms with Gasteiger partial charge in [0.2, 0.25) is 0 Å². The Morgan fingerprint density at radius 2 is 1.68 bits per heavy atom. The number of rotatable bonds is 6. The number of para-hydroxylation sites is 2. The first kappa shape index (κ1) is 19.9. The average Bonchev–Trinajstić information content (AvgIpc) is 3.22. The molecule has 4 aromatic rings. The van der Waals surface area contributed by atoms with Crippen LogP contribution in [-0.4, -0.2) is 30.1 Å². The van der Waals surface area contributed by atoms with Crippen molar-refractivity contribution in [3.05, 3.63) is 95.7 Å². The second kappa shape index (κ2) is 8.96. The van der Waals surface area contributed by atoms with Crippen molar-refractivity contribution in [2.75, 3.05) is 12.4 Å². The lowest BCUT2D eigenvalue weighted by molar-refractivity contribution is 0.0956. The van der Waals surface area contributed by atoms with Crippen molar-refractivity contribution in [2.24, 2.45) is 5.10 Å². The molecule has 1 heterocycles. The molecule has 0 bridgehead atoms. The number of nitrogens with one attached hydrogen (secondary N) is 3. The first-order valence-corrected chi connectivity index (χ1v) is 9.59. The largest absolute Gasteiger partial charge is 0.497 e. The molecule has 3 aromatic carbocycles. The molecular formula is C24H20N4O3. The summed E-state index contributed by atoms with van der Waals surface area (Å²) in [5.74, 6) is -0.101. The highest BCUT2D eigenvalue weighted by atomic mass is 16.5. The van der Waals surface area contributed by atoms with Crippen molar-refractivity contribution in [2.45, 2.75) is 0 Å². The first-order chi connectivity index (χ1) is 15.2. The molecule has 0 aliphatic heterocycles. The highest BCUT2D eigenvalue weighted by Crippen LogP contribution is 2.18. The fourth-order valence-corrected chi connectivity index (χ4v) is 3.15. The Bertz CT molecular complexity index is 1260. The summed E-state index contributed by atoms with van der Waals surface area (Å²) in [5, 5.41) is 7.85. The van der Waals surface area contributed by atoms with Gasteiger partial charge in [-0.15, -0.1) is 0 Å². The lowest BCUT2D eigenvalue weighted by atomic mass is 10.1. The van der Waals surface area contributed by atoms with Gasteiger partial charge in [0.15, 0.2) is 0 Å². The maximum atomic E-state index is 12.7. The van der Waals surface area contributed by atoms with Crippen LogP contribution in [0.4, 0.5) is 5.69 Å². The lowest BCUT2D eigenvalue weighted by Crippen LogP contribution is -2.21. The molecule has 0 atom stereocenters. The zero-order valence-corrected chi connectivity index (χ0v) is 16.8. The number of hydrazone groups is 1. The van der Waals surface area contributed by atoms with Gasteiger partial charge in [-0.05, 0) is 42.5 Å². The van der Waals surface area contributed by atoms with Crippen LogP contribution in [0.25, 0.3) is 10.9 Å². The van der Waals surface area contributed by atoms with Gasteiger partial charge in [0.1, 0.15) is 5.75 Å². The predicted molar refractivity (Wildman–Crippen MR) is 121 cm³/mol. The number of amides is 2. The number of aromatic amines is 1. The molecule has 0 aliphatic rings. The average molecular weight is 412 g/mol. The third kappa shape index (κ3) is 4.45. The van der Waals surface area contributed by atoms with Gasteiger partial charge in [0, 0.05) is 28.2 Å². The quantitative estimate of drug-likeness (QED) is 0.327. The van der Waals surface area contributed by atoms with E-state index in [4.69, 9.17) is 4.74 Å². The van der Waals surface area contributed by atoms with E-state index < -0.39 is 5.91 Å². The minimum atomic E-state index is -0.429. The van der Waals surface area contributed by atoms with E-state index in [1.807, 2.05) is 30.5 Å². The van der Waals surface area contributed by atoms with Gasteiger partial charge in [-0.1, -0.05) is 30.3 Å². The standard InChI is InChI=1S/C24H20N4O3/c1-31-18-12-10-16(11-13-18)23(29)27-22-9-5-3-7-20(22)24(30)28-26-15-17-14-25-21-8-4-2-6-19(17)21/h2-15,25H,1H3,(H,27,29)(H,28,30)/b26-15+. The number of hydrogen-bond donors (Lipinski definition) is 3. The SMILES string of the molecule is COc1ccc(C(=O)Nc2ccccc2C(=O)N/N=C/c2c[nH]c3ccccc23)cc1. The Kier molecular flexibility index (Phi) is 5.75. The third-order valence-electron chi connectivity index (χ3n) is 4.76. The zero-order valence-electron chi connectivity index (χ0n) is 16.8. The van der Waals surface area contributed by atoms with Crippen LogP contribution >= 0.6 is 0 Å². The van der Waals surface area contributed by atoms with Crippen LogP contribution < -0.4 is 15.5 Å². The molecule has 31 heavy (non-hydrogen) atoms. The van der Waals surface area contributed by atoms with Crippen LogP contribution in [0, 0.1) is 0 Å². The Balaban J connectivity index is 1.47. The van der Waals surface area contributed by atoms with Gasteiger partial charge in [-0.3, -0.25) is 9.59 Å². The van der Waals surface area contributed by atoms with Crippen molar-refractivity contribution < 1.29 is 14.3 Å². The highest BCUT2D eigenvalue weighted by Gasteiger charge is 2.14. The molecule has 2 amide bonds. The lowest BCUT2D eigenvalue weighted by Gasteiger charge is -2.10. The van der Waals surface area contributed by atoms with Crippen molar-refractivity contribution >= 4 is 34.6 Å². The molecule has 0 unspecified atom stereocenters. The third-order valence-corrected chi connectivity index (χ3v) is 4.76. The number of carbonyl (C=O) groups excluding carboxylic acids is 2. The van der Waals surface area contributed by atoms with Crippen LogP contribution in [0.5, 0.6) is 5.75 Å². The Morgan fingerprint density at radius 1 is 0.935 bits per heavy atom. The molecule has 154 valence electrons. The molecule has 0 radical (unpaired) electrons. The molecule has 7 heteroatoms. The van der Waals surface area contributed by atoms with Gasteiger partial charge < -0.3 is 15.0 Å².